The van der Waals surface area contributed by atoms with Crippen molar-refractivity contribution in [2.24, 2.45) is 5.73 Å². The van der Waals surface area contributed by atoms with Crippen LogP contribution in [0.3, 0.4) is 0 Å². The van der Waals surface area contributed by atoms with E-state index in [1.54, 1.807) is 6.07 Å². The molecule has 0 saturated heterocycles. The van der Waals surface area contributed by atoms with Gasteiger partial charge >= 0.3 is 0 Å². The van der Waals surface area contributed by atoms with Gasteiger partial charge in [0.25, 0.3) is 0 Å². The predicted octanol–water partition coefficient (Wildman–Crippen LogP) is 3.42. The molecule has 1 atom stereocenters. The minimum Gasteiger partial charge on any atom is -0.329 e. The van der Waals surface area contributed by atoms with Crippen molar-refractivity contribution in [3.63, 3.8) is 0 Å². The van der Waals surface area contributed by atoms with Crippen molar-refractivity contribution in [3.8, 4) is 0 Å². The van der Waals surface area contributed by atoms with Gasteiger partial charge in [0.05, 0.1) is 10.2 Å². The molecule has 2 rings (SSSR count). The molecule has 0 aliphatic carbocycles. The number of hydrogen-bond acceptors (Lipinski definition) is 3. The first-order valence-corrected chi connectivity index (χ1v) is 7.58. The summed E-state index contributed by atoms with van der Waals surface area (Å²) < 4.78 is 14.2. The molecule has 5 heteroatoms. The topological polar surface area (TPSA) is 42.1 Å². The molecule has 3 nitrogen and oxygen atoms in total. The van der Waals surface area contributed by atoms with E-state index in [2.05, 4.69) is 25.8 Å². The van der Waals surface area contributed by atoms with Gasteiger partial charge in [0.2, 0.25) is 0 Å². The van der Waals surface area contributed by atoms with Crippen LogP contribution < -0.4 is 5.73 Å². The Morgan fingerprint density at radius 3 is 2.71 bits per heavy atom. The van der Waals surface area contributed by atoms with E-state index in [0.717, 1.165) is 17.0 Å². The van der Waals surface area contributed by atoms with Crippen molar-refractivity contribution in [3.05, 3.63) is 63.6 Å². The zero-order chi connectivity index (χ0) is 15.4. The molecule has 0 fully saturated rings. The van der Waals surface area contributed by atoms with E-state index in [4.69, 9.17) is 5.73 Å². The first-order valence-electron chi connectivity index (χ1n) is 6.79. The molecule has 0 radical (unpaired) electrons. The Balaban J connectivity index is 2.18. The summed E-state index contributed by atoms with van der Waals surface area (Å²) in [4.78, 5) is 6.58. The third-order valence-corrected chi connectivity index (χ3v) is 4.08. The van der Waals surface area contributed by atoms with E-state index in [0.29, 0.717) is 17.6 Å². The van der Waals surface area contributed by atoms with Gasteiger partial charge in [-0.15, -0.1) is 0 Å². The van der Waals surface area contributed by atoms with Crippen LogP contribution >= 0.6 is 15.9 Å². The fraction of sp³-hybridized carbons (Fsp3) is 0.312. The average molecular weight is 352 g/mol. The van der Waals surface area contributed by atoms with Crippen molar-refractivity contribution in [1.82, 2.24) is 9.88 Å². The van der Waals surface area contributed by atoms with Gasteiger partial charge < -0.3 is 5.73 Å². The van der Waals surface area contributed by atoms with E-state index in [9.17, 15) is 4.39 Å². The lowest BCUT2D eigenvalue weighted by Crippen LogP contribution is -2.30. The highest BCUT2D eigenvalue weighted by atomic mass is 79.9. The standard InChI is InChI=1S/C16H19BrFN3/c1-11-4-3-5-13(20-11)10-21(2)16(9-19)12-6-7-14(17)15(18)8-12/h3-8,16H,9-10,19H2,1-2H3. The number of nitrogens with two attached hydrogens (primary N) is 1. The maximum atomic E-state index is 13.7. The van der Waals surface area contributed by atoms with Crippen molar-refractivity contribution >= 4 is 15.9 Å². The summed E-state index contributed by atoms with van der Waals surface area (Å²) in [5.41, 5.74) is 8.72. The van der Waals surface area contributed by atoms with Crippen LogP contribution in [0.1, 0.15) is 23.0 Å². The van der Waals surface area contributed by atoms with E-state index < -0.39 is 0 Å². The summed E-state index contributed by atoms with van der Waals surface area (Å²) in [6.07, 6.45) is 0. The van der Waals surface area contributed by atoms with E-state index in [1.807, 2.05) is 38.2 Å². The minimum absolute atomic E-state index is 0.0464. The average Bonchev–Trinajstić information content (AvgIpc) is 2.43. The van der Waals surface area contributed by atoms with Crippen LogP contribution in [0.2, 0.25) is 0 Å². The Hall–Kier alpha value is -1.30. The number of aryl methyl sites for hydroxylation is 1. The molecular formula is C16H19BrFN3. The minimum atomic E-state index is -0.270. The Kier molecular flexibility index (Phi) is 5.45. The van der Waals surface area contributed by atoms with Crippen LogP contribution in [0.25, 0.3) is 0 Å². The van der Waals surface area contributed by atoms with E-state index in [-0.39, 0.29) is 11.9 Å². The van der Waals surface area contributed by atoms with Gasteiger partial charge in [-0.2, -0.15) is 0 Å². The van der Waals surface area contributed by atoms with Crippen LogP contribution in [0, 0.1) is 12.7 Å². The second kappa shape index (κ2) is 7.11. The third kappa shape index (κ3) is 4.09. The quantitative estimate of drug-likeness (QED) is 0.897. The number of rotatable bonds is 5. The zero-order valence-electron chi connectivity index (χ0n) is 12.2. The van der Waals surface area contributed by atoms with Crippen LogP contribution in [0.4, 0.5) is 4.39 Å². The molecule has 2 aromatic rings. The maximum Gasteiger partial charge on any atom is 0.137 e. The summed E-state index contributed by atoms with van der Waals surface area (Å²) >= 11 is 3.17. The molecule has 0 amide bonds. The monoisotopic (exact) mass is 351 g/mol. The van der Waals surface area contributed by atoms with Crippen LogP contribution in [-0.4, -0.2) is 23.5 Å². The number of likely N-dealkylation sites (N-methyl/N-ethyl adjacent to an activating group) is 1. The second-order valence-corrected chi connectivity index (χ2v) is 5.96. The van der Waals surface area contributed by atoms with Crippen LogP contribution in [0.5, 0.6) is 0 Å². The summed E-state index contributed by atoms with van der Waals surface area (Å²) in [6.45, 7) is 3.05. The molecule has 1 aromatic heterocycles. The van der Waals surface area contributed by atoms with Gasteiger partial charge in [-0.1, -0.05) is 12.1 Å². The van der Waals surface area contributed by atoms with E-state index in [1.165, 1.54) is 6.07 Å². The van der Waals surface area contributed by atoms with Crippen LogP contribution in [0.15, 0.2) is 40.9 Å². The van der Waals surface area contributed by atoms with Gasteiger partial charge in [0, 0.05) is 24.8 Å². The van der Waals surface area contributed by atoms with Crippen molar-refractivity contribution in [2.45, 2.75) is 19.5 Å². The molecule has 0 spiro atoms. The fourth-order valence-corrected chi connectivity index (χ4v) is 2.59. The largest absolute Gasteiger partial charge is 0.329 e. The third-order valence-electron chi connectivity index (χ3n) is 3.44. The van der Waals surface area contributed by atoms with Gasteiger partial charge in [-0.05, 0) is 59.7 Å². The molecule has 112 valence electrons. The van der Waals surface area contributed by atoms with Gasteiger partial charge in [0.1, 0.15) is 5.82 Å². The van der Waals surface area contributed by atoms with Crippen molar-refractivity contribution in [1.29, 1.82) is 0 Å². The highest BCUT2D eigenvalue weighted by Crippen LogP contribution is 2.24. The lowest BCUT2D eigenvalue weighted by atomic mass is 10.1. The number of pyridine rings is 1. The summed E-state index contributed by atoms with van der Waals surface area (Å²) in [7, 11) is 1.97. The fourth-order valence-electron chi connectivity index (χ4n) is 2.34. The molecular weight excluding hydrogens is 333 g/mol. The maximum absolute atomic E-state index is 13.7. The number of nitrogens with zero attached hydrogens (tertiary/aromatic N) is 2. The number of halogens is 2. The number of aromatic nitrogens is 1. The molecule has 1 aromatic carbocycles. The molecule has 0 aliphatic rings. The Morgan fingerprint density at radius 2 is 2.10 bits per heavy atom. The van der Waals surface area contributed by atoms with Crippen molar-refractivity contribution < 1.29 is 4.39 Å². The highest BCUT2D eigenvalue weighted by Gasteiger charge is 2.17. The van der Waals surface area contributed by atoms with Gasteiger partial charge in [-0.25, -0.2) is 4.39 Å². The lowest BCUT2D eigenvalue weighted by Gasteiger charge is -2.27. The second-order valence-electron chi connectivity index (χ2n) is 5.11. The molecule has 2 N–H and O–H groups in total. The molecule has 1 unspecified atom stereocenters. The van der Waals surface area contributed by atoms with Crippen molar-refractivity contribution in [2.75, 3.05) is 13.6 Å². The zero-order valence-corrected chi connectivity index (χ0v) is 13.8. The first-order chi connectivity index (χ1) is 10.0. The Bertz CT molecular complexity index is 618. The predicted molar refractivity (Wildman–Crippen MR) is 86.3 cm³/mol. The Morgan fingerprint density at radius 1 is 1.33 bits per heavy atom. The molecule has 0 saturated carbocycles. The van der Waals surface area contributed by atoms with Gasteiger partial charge in [0.15, 0.2) is 0 Å². The van der Waals surface area contributed by atoms with Gasteiger partial charge in [-0.3, -0.25) is 9.88 Å². The molecule has 0 aliphatic heterocycles. The molecule has 21 heavy (non-hydrogen) atoms. The molecule has 1 heterocycles. The number of benzene rings is 1. The summed E-state index contributed by atoms with van der Waals surface area (Å²) in [5, 5.41) is 0. The summed E-state index contributed by atoms with van der Waals surface area (Å²) in [5.74, 6) is -0.270. The van der Waals surface area contributed by atoms with Crippen LogP contribution in [-0.2, 0) is 6.54 Å². The molecule has 0 bridgehead atoms. The van der Waals surface area contributed by atoms with E-state index >= 15 is 0 Å². The number of hydrogen-bond donors (Lipinski definition) is 1. The lowest BCUT2D eigenvalue weighted by molar-refractivity contribution is 0.238. The smallest absolute Gasteiger partial charge is 0.137 e. The Labute approximate surface area is 133 Å². The summed E-state index contributed by atoms with van der Waals surface area (Å²) in [6, 6.07) is 11.0. The highest BCUT2D eigenvalue weighted by molar-refractivity contribution is 9.10. The normalized spacial score (nSPS) is 12.7. The SMILES string of the molecule is Cc1cccc(CN(C)C(CN)c2ccc(Br)c(F)c2)n1. The first kappa shape index (κ1) is 16.1.